The van der Waals surface area contributed by atoms with Crippen molar-refractivity contribution in [2.24, 2.45) is 5.92 Å². The third-order valence-corrected chi connectivity index (χ3v) is 6.25. The molecule has 34 heavy (non-hydrogen) atoms. The smallest absolute Gasteiger partial charge is 0.243 e. The van der Waals surface area contributed by atoms with E-state index in [1.807, 2.05) is 74.5 Å². The van der Waals surface area contributed by atoms with Gasteiger partial charge in [0.15, 0.2) is 0 Å². The van der Waals surface area contributed by atoms with Crippen LogP contribution in [-0.2, 0) is 29.0 Å². The van der Waals surface area contributed by atoms with Crippen molar-refractivity contribution in [3.8, 4) is 0 Å². The Balaban J connectivity index is 1.97. The molecule has 1 atom stereocenters. The van der Waals surface area contributed by atoms with Gasteiger partial charge in [0.25, 0.3) is 0 Å². The molecule has 0 aliphatic heterocycles. The molecule has 0 bridgehead atoms. The summed E-state index contributed by atoms with van der Waals surface area (Å²) in [6.45, 7) is 4.92. The van der Waals surface area contributed by atoms with Crippen molar-refractivity contribution in [2.75, 3.05) is 6.54 Å². The molecule has 3 rings (SSSR count). The van der Waals surface area contributed by atoms with E-state index in [1.54, 1.807) is 23.1 Å². The standard InChI is InChI=1S/C28H30Cl2N2O2/c1-20(2)18-31-28(34)26(16-21-10-5-3-6-11-21)32(19-22-12-7-4-8-13-22)27(33)17-23-24(29)14-9-15-25(23)30/h3-15,20,26H,16-19H2,1-2H3,(H,31,34). The number of halogens is 2. The fourth-order valence-electron chi connectivity index (χ4n) is 3.71. The van der Waals surface area contributed by atoms with Crippen molar-refractivity contribution in [2.45, 2.75) is 39.3 Å². The van der Waals surface area contributed by atoms with E-state index >= 15 is 0 Å². The first-order valence-corrected chi connectivity index (χ1v) is 12.2. The molecule has 4 nitrogen and oxygen atoms in total. The molecule has 178 valence electrons. The molecule has 0 fully saturated rings. The van der Waals surface area contributed by atoms with Crippen LogP contribution < -0.4 is 5.32 Å². The summed E-state index contributed by atoms with van der Waals surface area (Å²) in [4.78, 5) is 28.8. The van der Waals surface area contributed by atoms with Crippen molar-refractivity contribution >= 4 is 35.0 Å². The van der Waals surface area contributed by atoms with E-state index in [-0.39, 0.29) is 18.2 Å². The molecule has 3 aromatic carbocycles. The van der Waals surface area contributed by atoms with E-state index in [1.165, 1.54) is 0 Å². The Morgan fingerprint density at radius 1 is 0.824 bits per heavy atom. The number of rotatable bonds is 10. The summed E-state index contributed by atoms with van der Waals surface area (Å²) in [6.07, 6.45) is 0.410. The molecule has 0 aromatic heterocycles. The van der Waals surface area contributed by atoms with Gasteiger partial charge in [-0.3, -0.25) is 9.59 Å². The minimum atomic E-state index is -0.685. The quantitative estimate of drug-likeness (QED) is 0.377. The van der Waals surface area contributed by atoms with Gasteiger partial charge in [-0.05, 0) is 34.7 Å². The van der Waals surface area contributed by atoms with Crippen LogP contribution in [-0.4, -0.2) is 29.3 Å². The van der Waals surface area contributed by atoms with Crippen molar-refractivity contribution in [1.82, 2.24) is 10.2 Å². The molecule has 0 saturated carbocycles. The van der Waals surface area contributed by atoms with Gasteiger partial charge in [0.1, 0.15) is 6.04 Å². The molecule has 6 heteroatoms. The van der Waals surface area contributed by atoms with Gasteiger partial charge in [0, 0.05) is 29.6 Å². The van der Waals surface area contributed by atoms with Gasteiger partial charge in [-0.15, -0.1) is 0 Å². The lowest BCUT2D eigenvalue weighted by molar-refractivity contribution is -0.140. The van der Waals surface area contributed by atoms with Crippen molar-refractivity contribution in [3.63, 3.8) is 0 Å². The van der Waals surface area contributed by atoms with Crippen LogP contribution >= 0.6 is 23.2 Å². The van der Waals surface area contributed by atoms with Gasteiger partial charge in [-0.2, -0.15) is 0 Å². The number of benzene rings is 3. The summed E-state index contributed by atoms with van der Waals surface area (Å²) >= 11 is 12.7. The molecule has 0 spiro atoms. The molecule has 0 saturated heterocycles. The van der Waals surface area contributed by atoms with Crippen LogP contribution in [0.2, 0.25) is 10.0 Å². The summed E-state index contributed by atoms with van der Waals surface area (Å²) in [7, 11) is 0. The Morgan fingerprint density at radius 2 is 1.38 bits per heavy atom. The number of amides is 2. The molecule has 0 aliphatic rings. The molecular formula is C28H30Cl2N2O2. The van der Waals surface area contributed by atoms with Crippen LogP contribution in [0.25, 0.3) is 0 Å². The number of hydrogen-bond acceptors (Lipinski definition) is 2. The maximum absolute atomic E-state index is 13.7. The third-order valence-electron chi connectivity index (χ3n) is 5.54. The summed E-state index contributed by atoms with van der Waals surface area (Å²) in [5.41, 5.74) is 2.49. The molecule has 0 aliphatic carbocycles. The van der Waals surface area contributed by atoms with E-state index < -0.39 is 6.04 Å². The van der Waals surface area contributed by atoms with Crippen molar-refractivity contribution in [1.29, 1.82) is 0 Å². The molecule has 3 aromatic rings. The molecule has 1 unspecified atom stereocenters. The molecular weight excluding hydrogens is 467 g/mol. The fraction of sp³-hybridized carbons (Fsp3) is 0.286. The van der Waals surface area contributed by atoms with Gasteiger partial charge in [-0.1, -0.05) is 104 Å². The lowest BCUT2D eigenvalue weighted by Gasteiger charge is -2.32. The molecule has 0 radical (unpaired) electrons. The van der Waals surface area contributed by atoms with Crippen LogP contribution in [0.3, 0.4) is 0 Å². The lowest BCUT2D eigenvalue weighted by atomic mass is 10.0. The first kappa shape index (κ1) is 25.8. The topological polar surface area (TPSA) is 49.4 Å². The number of nitrogens with one attached hydrogen (secondary N) is 1. The Bertz CT molecular complexity index is 1070. The Labute approximate surface area is 211 Å². The first-order valence-electron chi connectivity index (χ1n) is 11.4. The van der Waals surface area contributed by atoms with Gasteiger partial charge >= 0.3 is 0 Å². The second-order valence-electron chi connectivity index (χ2n) is 8.73. The highest BCUT2D eigenvalue weighted by Crippen LogP contribution is 2.26. The molecule has 2 amide bonds. The van der Waals surface area contributed by atoms with Crippen LogP contribution in [0.1, 0.15) is 30.5 Å². The third kappa shape index (κ3) is 7.34. The number of hydrogen-bond donors (Lipinski definition) is 1. The monoisotopic (exact) mass is 496 g/mol. The summed E-state index contributed by atoms with van der Waals surface area (Å²) in [6, 6.07) is 23.9. The van der Waals surface area contributed by atoms with Crippen molar-refractivity contribution in [3.05, 3.63) is 106 Å². The summed E-state index contributed by atoms with van der Waals surface area (Å²) < 4.78 is 0. The van der Waals surface area contributed by atoms with Crippen molar-refractivity contribution < 1.29 is 9.59 Å². The Kier molecular flexibility index (Phi) is 9.55. The average Bonchev–Trinajstić information content (AvgIpc) is 2.83. The zero-order chi connectivity index (χ0) is 24.5. The van der Waals surface area contributed by atoms with Gasteiger partial charge in [-0.25, -0.2) is 0 Å². The van der Waals surface area contributed by atoms with E-state index in [9.17, 15) is 9.59 Å². The summed E-state index contributed by atoms with van der Waals surface area (Å²) in [5.74, 6) is -0.0897. The lowest BCUT2D eigenvalue weighted by Crippen LogP contribution is -2.51. The maximum atomic E-state index is 13.7. The Hall–Kier alpha value is -2.82. The van der Waals surface area contributed by atoms with Crippen LogP contribution in [0.4, 0.5) is 0 Å². The molecule has 1 N–H and O–H groups in total. The largest absolute Gasteiger partial charge is 0.354 e. The normalized spacial score (nSPS) is 11.8. The maximum Gasteiger partial charge on any atom is 0.243 e. The highest BCUT2D eigenvalue weighted by atomic mass is 35.5. The van der Waals surface area contributed by atoms with Gasteiger partial charge in [0.05, 0.1) is 6.42 Å². The second kappa shape index (κ2) is 12.6. The minimum absolute atomic E-state index is 0.00803. The second-order valence-corrected chi connectivity index (χ2v) is 9.54. The zero-order valence-corrected chi connectivity index (χ0v) is 21.0. The predicted octanol–water partition coefficient (Wildman–Crippen LogP) is 5.95. The SMILES string of the molecule is CC(C)CNC(=O)C(Cc1ccccc1)N(Cc1ccccc1)C(=O)Cc1c(Cl)cccc1Cl. The minimum Gasteiger partial charge on any atom is -0.354 e. The van der Waals surface area contributed by atoms with Crippen LogP contribution in [0, 0.1) is 5.92 Å². The van der Waals surface area contributed by atoms with E-state index in [0.29, 0.717) is 41.0 Å². The summed E-state index contributed by atoms with van der Waals surface area (Å²) in [5, 5.41) is 3.89. The van der Waals surface area contributed by atoms with E-state index in [4.69, 9.17) is 23.2 Å². The van der Waals surface area contributed by atoms with Crippen LogP contribution in [0.5, 0.6) is 0 Å². The number of carbonyl (C=O) groups excluding carboxylic acids is 2. The van der Waals surface area contributed by atoms with E-state index in [2.05, 4.69) is 5.32 Å². The highest BCUT2D eigenvalue weighted by molar-refractivity contribution is 6.36. The predicted molar refractivity (Wildman–Crippen MR) is 139 cm³/mol. The number of carbonyl (C=O) groups is 2. The van der Waals surface area contributed by atoms with E-state index in [0.717, 1.165) is 11.1 Å². The zero-order valence-electron chi connectivity index (χ0n) is 19.5. The van der Waals surface area contributed by atoms with Crippen LogP contribution in [0.15, 0.2) is 78.9 Å². The van der Waals surface area contributed by atoms with Gasteiger partial charge < -0.3 is 10.2 Å². The first-order chi connectivity index (χ1) is 16.3. The molecule has 0 heterocycles. The van der Waals surface area contributed by atoms with Gasteiger partial charge in [0.2, 0.25) is 11.8 Å². The highest BCUT2D eigenvalue weighted by Gasteiger charge is 2.31. The average molecular weight is 497 g/mol. The fourth-order valence-corrected chi connectivity index (χ4v) is 4.24. The number of nitrogens with zero attached hydrogens (tertiary/aromatic N) is 1. The Morgan fingerprint density at radius 3 is 1.94 bits per heavy atom.